The first-order chi connectivity index (χ1) is 9.84. The minimum atomic E-state index is 0.0627. The molecule has 1 unspecified atom stereocenters. The van der Waals surface area contributed by atoms with Gasteiger partial charge >= 0.3 is 0 Å². The second-order valence-corrected chi connectivity index (χ2v) is 5.15. The molecule has 0 bridgehead atoms. The molecule has 0 saturated carbocycles. The van der Waals surface area contributed by atoms with Crippen LogP contribution >= 0.6 is 0 Å². The Morgan fingerprint density at radius 1 is 1.45 bits per heavy atom. The van der Waals surface area contributed by atoms with Gasteiger partial charge in [0.05, 0.1) is 24.8 Å². The van der Waals surface area contributed by atoms with E-state index >= 15 is 0 Å². The molecule has 2 N–H and O–H groups in total. The summed E-state index contributed by atoms with van der Waals surface area (Å²) in [6.07, 6.45) is 2.66. The molecule has 1 amide bonds. The SMILES string of the molecule is O=C(Nc1cccnc1N1CCOCC1)C1CCNC1. The summed E-state index contributed by atoms with van der Waals surface area (Å²) < 4.78 is 5.36. The maximum absolute atomic E-state index is 12.2. The summed E-state index contributed by atoms with van der Waals surface area (Å²) in [6.45, 7) is 4.71. The standard InChI is InChI=1S/C14H20N4O2/c19-14(11-3-5-15-10-11)17-12-2-1-4-16-13(12)18-6-8-20-9-7-18/h1-2,4,11,15H,3,5-10H2,(H,17,19). The molecule has 0 spiro atoms. The first kappa shape index (κ1) is 13.3. The first-order valence-electron chi connectivity index (χ1n) is 7.14. The van der Waals surface area contributed by atoms with Gasteiger partial charge in [0.2, 0.25) is 5.91 Å². The van der Waals surface area contributed by atoms with Crippen LogP contribution in [0.5, 0.6) is 0 Å². The molecular formula is C14H20N4O2. The first-order valence-corrected chi connectivity index (χ1v) is 7.14. The second-order valence-electron chi connectivity index (χ2n) is 5.15. The van der Waals surface area contributed by atoms with Crippen molar-refractivity contribution in [3.8, 4) is 0 Å². The smallest absolute Gasteiger partial charge is 0.228 e. The number of morpholine rings is 1. The number of aromatic nitrogens is 1. The normalized spacial score (nSPS) is 22.8. The summed E-state index contributed by atoms with van der Waals surface area (Å²) in [5.74, 6) is 0.986. The molecule has 0 aromatic carbocycles. The van der Waals surface area contributed by atoms with E-state index in [4.69, 9.17) is 4.74 Å². The van der Waals surface area contributed by atoms with Gasteiger partial charge in [-0.05, 0) is 25.1 Å². The van der Waals surface area contributed by atoms with Crippen LogP contribution in [0.25, 0.3) is 0 Å². The highest BCUT2D eigenvalue weighted by Crippen LogP contribution is 2.24. The van der Waals surface area contributed by atoms with Crippen molar-refractivity contribution in [1.82, 2.24) is 10.3 Å². The van der Waals surface area contributed by atoms with E-state index in [1.165, 1.54) is 0 Å². The Hall–Kier alpha value is -1.66. The number of ether oxygens (including phenoxy) is 1. The van der Waals surface area contributed by atoms with E-state index in [2.05, 4.69) is 20.5 Å². The summed E-state index contributed by atoms with van der Waals surface area (Å²) in [5, 5.41) is 6.24. The van der Waals surface area contributed by atoms with E-state index in [9.17, 15) is 4.79 Å². The van der Waals surface area contributed by atoms with Crippen molar-refractivity contribution in [3.63, 3.8) is 0 Å². The van der Waals surface area contributed by atoms with Gasteiger partial charge < -0.3 is 20.3 Å². The number of hydrogen-bond acceptors (Lipinski definition) is 5. The molecule has 3 rings (SSSR count). The maximum atomic E-state index is 12.2. The van der Waals surface area contributed by atoms with Gasteiger partial charge in [-0.1, -0.05) is 0 Å². The molecule has 20 heavy (non-hydrogen) atoms. The highest BCUT2D eigenvalue weighted by molar-refractivity contribution is 5.95. The van der Waals surface area contributed by atoms with Crippen LogP contribution in [0.15, 0.2) is 18.3 Å². The number of carbonyl (C=O) groups is 1. The topological polar surface area (TPSA) is 66.5 Å². The van der Waals surface area contributed by atoms with E-state index in [0.717, 1.165) is 44.1 Å². The largest absolute Gasteiger partial charge is 0.378 e. The lowest BCUT2D eigenvalue weighted by atomic mass is 10.1. The van der Waals surface area contributed by atoms with Gasteiger partial charge in [-0.25, -0.2) is 4.98 Å². The predicted molar refractivity (Wildman–Crippen MR) is 76.9 cm³/mol. The monoisotopic (exact) mass is 276 g/mol. The second kappa shape index (κ2) is 6.19. The number of hydrogen-bond donors (Lipinski definition) is 2. The minimum Gasteiger partial charge on any atom is -0.378 e. The van der Waals surface area contributed by atoms with Gasteiger partial charge in [-0.15, -0.1) is 0 Å². The van der Waals surface area contributed by atoms with Gasteiger partial charge in [0.1, 0.15) is 0 Å². The van der Waals surface area contributed by atoms with Crippen molar-refractivity contribution in [3.05, 3.63) is 18.3 Å². The van der Waals surface area contributed by atoms with Crippen molar-refractivity contribution in [1.29, 1.82) is 0 Å². The Morgan fingerprint density at radius 3 is 3.05 bits per heavy atom. The van der Waals surface area contributed by atoms with Crippen molar-refractivity contribution < 1.29 is 9.53 Å². The molecule has 2 fully saturated rings. The van der Waals surface area contributed by atoms with E-state index in [0.29, 0.717) is 13.2 Å². The molecule has 3 heterocycles. The third-order valence-electron chi connectivity index (χ3n) is 3.79. The van der Waals surface area contributed by atoms with Gasteiger partial charge in [0.25, 0.3) is 0 Å². The van der Waals surface area contributed by atoms with Crippen LogP contribution in [0.1, 0.15) is 6.42 Å². The molecular weight excluding hydrogens is 256 g/mol. The van der Waals surface area contributed by atoms with Crippen LogP contribution in [-0.4, -0.2) is 50.3 Å². The summed E-state index contributed by atoms with van der Waals surface area (Å²) in [6, 6.07) is 3.77. The minimum absolute atomic E-state index is 0.0627. The molecule has 0 aliphatic carbocycles. The molecule has 1 atom stereocenters. The average molecular weight is 276 g/mol. The van der Waals surface area contributed by atoms with Gasteiger partial charge in [0.15, 0.2) is 5.82 Å². The molecule has 2 aliphatic rings. The summed E-state index contributed by atoms with van der Waals surface area (Å²) in [5.41, 5.74) is 0.798. The predicted octanol–water partition coefficient (Wildman–Crippen LogP) is 0.466. The molecule has 108 valence electrons. The summed E-state index contributed by atoms with van der Waals surface area (Å²) in [7, 11) is 0. The lowest BCUT2D eigenvalue weighted by molar-refractivity contribution is -0.119. The number of anilines is 2. The van der Waals surface area contributed by atoms with Gasteiger partial charge in [-0.2, -0.15) is 0 Å². The maximum Gasteiger partial charge on any atom is 0.228 e. The zero-order valence-corrected chi connectivity index (χ0v) is 11.5. The fourth-order valence-electron chi connectivity index (χ4n) is 2.63. The highest BCUT2D eigenvalue weighted by Gasteiger charge is 2.24. The molecule has 1 aromatic rings. The number of carbonyl (C=O) groups excluding carboxylic acids is 1. The number of rotatable bonds is 3. The Labute approximate surface area is 118 Å². The van der Waals surface area contributed by atoms with Crippen LogP contribution in [0.2, 0.25) is 0 Å². The fraction of sp³-hybridized carbons (Fsp3) is 0.571. The average Bonchev–Trinajstić information content (AvgIpc) is 3.03. The molecule has 6 nitrogen and oxygen atoms in total. The highest BCUT2D eigenvalue weighted by atomic mass is 16.5. The van der Waals surface area contributed by atoms with E-state index < -0.39 is 0 Å². The van der Waals surface area contributed by atoms with Crippen molar-refractivity contribution >= 4 is 17.4 Å². The third kappa shape index (κ3) is 2.91. The van der Waals surface area contributed by atoms with Gasteiger partial charge in [0, 0.05) is 25.8 Å². The van der Waals surface area contributed by atoms with Gasteiger partial charge in [-0.3, -0.25) is 4.79 Å². The van der Waals surface area contributed by atoms with E-state index in [1.807, 2.05) is 12.1 Å². The number of pyridine rings is 1. The molecule has 2 aliphatic heterocycles. The Bertz CT molecular complexity index is 468. The van der Waals surface area contributed by atoms with Crippen LogP contribution in [0.3, 0.4) is 0 Å². The zero-order valence-electron chi connectivity index (χ0n) is 11.5. The Morgan fingerprint density at radius 2 is 2.30 bits per heavy atom. The quantitative estimate of drug-likeness (QED) is 0.840. The molecule has 6 heteroatoms. The lowest BCUT2D eigenvalue weighted by Gasteiger charge is -2.29. The number of nitrogens with one attached hydrogen (secondary N) is 2. The molecule has 2 saturated heterocycles. The Balaban J connectivity index is 1.73. The third-order valence-corrected chi connectivity index (χ3v) is 3.79. The summed E-state index contributed by atoms with van der Waals surface area (Å²) in [4.78, 5) is 18.8. The van der Waals surface area contributed by atoms with Crippen LogP contribution < -0.4 is 15.5 Å². The van der Waals surface area contributed by atoms with Crippen LogP contribution in [0, 0.1) is 5.92 Å². The number of nitrogens with zero attached hydrogens (tertiary/aromatic N) is 2. The lowest BCUT2D eigenvalue weighted by Crippen LogP contribution is -2.37. The molecule has 1 aromatic heterocycles. The van der Waals surface area contributed by atoms with Crippen molar-refractivity contribution in [2.45, 2.75) is 6.42 Å². The Kier molecular flexibility index (Phi) is 4.13. The van der Waals surface area contributed by atoms with E-state index in [1.54, 1.807) is 6.20 Å². The van der Waals surface area contributed by atoms with Crippen LogP contribution in [-0.2, 0) is 9.53 Å². The zero-order chi connectivity index (χ0) is 13.8. The van der Waals surface area contributed by atoms with Crippen molar-refractivity contribution in [2.24, 2.45) is 5.92 Å². The molecule has 0 radical (unpaired) electrons. The number of amides is 1. The van der Waals surface area contributed by atoms with Crippen molar-refractivity contribution in [2.75, 3.05) is 49.6 Å². The van der Waals surface area contributed by atoms with E-state index in [-0.39, 0.29) is 11.8 Å². The summed E-state index contributed by atoms with van der Waals surface area (Å²) >= 11 is 0. The fourth-order valence-corrected chi connectivity index (χ4v) is 2.63. The van der Waals surface area contributed by atoms with Crippen LogP contribution in [0.4, 0.5) is 11.5 Å².